The highest BCUT2D eigenvalue weighted by Gasteiger charge is 2.29. The predicted octanol–water partition coefficient (Wildman–Crippen LogP) is 0.0372. The maximum atomic E-state index is 12.1. The molecule has 0 amide bonds. The van der Waals surface area contributed by atoms with E-state index in [1.165, 1.54) is 18.5 Å². The lowest BCUT2D eigenvalue weighted by atomic mass is 10.9. The standard InChI is InChI=1S/C8H19FP.BrH/c1-4-10(5-2,6-3)8-7-9;/h4-8H2,1-3H3;1H/q+1;/p-1. The van der Waals surface area contributed by atoms with Crippen LogP contribution in [-0.4, -0.2) is 31.3 Å². The largest absolute Gasteiger partial charge is 1.00 e. The molecule has 0 heterocycles. The predicted molar refractivity (Wildman–Crippen MR) is 49.4 cm³/mol. The summed E-state index contributed by atoms with van der Waals surface area (Å²) in [6.07, 6.45) is 4.54. The van der Waals surface area contributed by atoms with Crippen molar-refractivity contribution in [3.8, 4) is 0 Å². The Morgan fingerprint density at radius 2 is 1.36 bits per heavy atom. The highest BCUT2D eigenvalue weighted by atomic mass is 79.9. The van der Waals surface area contributed by atoms with Gasteiger partial charge in [-0.3, -0.25) is 0 Å². The van der Waals surface area contributed by atoms with Crippen molar-refractivity contribution in [1.29, 1.82) is 0 Å². The monoisotopic (exact) mass is 244 g/mol. The molecule has 0 aromatic heterocycles. The van der Waals surface area contributed by atoms with Crippen LogP contribution in [0.2, 0.25) is 0 Å². The lowest BCUT2D eigenvalue weighted by molar-refractivity contribution is -0.00000297. The van der Waals surface area contributed by atoms with Crippen LogP contribution >= 0.6 is 7.26 Å². The van der Waals surface area contributed by atoms with E-state index < -0.39 is 7.26 Å². The van der Waals surface area contributed by atoms with Crippen LogP contribution in [0.3, 0.4) is 0 Å². The Labute approximate surface area is 81.1 Å². The van der Waals surface area contributed by atoms with Gasteiger partial charge in [-0.2, -0.15) is 0 Å². The highest BCUT2D eigenvalue weighted by Crippen LogP contribution is 2.57. The number of halogens is 2. The Morgan fingerprint density at radius 1 is 1.00 bits per heavy atom. The number of hydrogen-bond acceptors (Lipinski definition) is 0. The Bertz CT molecular complexity index is 75.9. The first-order valence-corrected chi connectivity index (χ1v) is 6.68. The second-order valence-electron chi connectivity index (χ2n) is 2.70. The molecule has 0 aromatic carbocycles. The minimum absolute atomic E-state index is 0. The van der Waals surface area contributed by atoms with Crippen LogP contribution in [0.25, 0.3) is 0 Å². The average Bonchev–Trinajstić information content (AvgIpc) is 2.01. The molecule has 0 unspecified atom stereocenters. The summed E-state index contributed by atoms with van der Waals surface area (Å²) in [5, 5.41) is 0. The van der Waals surface area contributed by atoms with Gasteiger partial charge in [0.15, 0.2) is 0 Å². The van der Waals surface area contributed by atoms with Crippen molar-refractivity contribution in [2.45, 2.75) is 20.8 Å². The van der Waals surface area contributed by atoms with Gasteiger partial charge in [-0.25, -0.2) is 4.39 Å². The van der Waals surface area contributed by atoms with Crippen molar-refractivity contribution in [3.05, 3.63) is 0 Å². The second-order valence-corrected chi connectivity index (χ2v) is 7.73. The first-order valence-electron chi connectivity index (χ1n) is 4.15. The molecule has 70 valence electrons. The molecule has 0 spiro atoms. The molecule has 0 saturated carbocycles. The quantitative estimate of drug-likeness (QED) is 0.600. The van der Waals surface area contributed by atoms with Gasteiger partial charge in [0, 0.05) is 7.26 Å². The van der Waals surface area contributed by atoms with Gasteiger partial charge < -0.3 is 17.0 Å². The number of alkyl halides is 1. The van der Waals surface area contributed by atoms with Gasteiger partial charge >= 0.3 is 0 Å². The highest BCUT2D eigenvalue weighted by molar-refractivity contribution is 7.75. The topological polar surface area (TPSA) is 0 Å². The van der Waals surface area contributed by atoms with E-state index in [0.717, 1.165) is 6.16 Å². The van der Waals surface area contributed by atoms with E-state index in [0.29, 0.717) is 0 Å². The van der Waals surface area contributed by atoms with Crippen LogP contribution in [0.4, 0.5) is 4.39 Å². The minimum Gasteiger partial charge on any atom is -1.00 e. The van der Waals surface area contributed by atoms with E-state index in [1.807, 2.05) is 0 Å². The molecule has 0 atom stereocenters. The van der Waals surface area contributed by atoms with Crippen LogP contribution in [0.15, 0.2) is 0 Å². The second kappa shape index (κ2) is 7.49. The summed E-state index contributed by atoms with van der Waals surface area (Å²) >= 11 is 0. The van der Waals surface area contributed by atoms with Crippen molar-refractivity contribution in [2.75, 3.05) is 31.3 Å². The summed E-state index contributed by atoms with van der Waals surface area (Å²) in [5.41, 5.74) is 0. The summed E-state index contributed by atoms with van der Waals surface area (Å²) in [6.45, 7) is 6.51. The maximum absolute atomic E-state index is 12.1. The van der Waals surface area contributed by atoms with Crippen LogP contribution in [0, 0.1) is 0 Å². The average molecular weight is 245 g/mol. The summed E-state index contributed by atoms with van der Waals surface area (Å²) in [4.78, 5) is 0. The van der Waals surface area contributed by atoms with Gasteiger partial charge in [-0.05, 0) is 20.8 Å². The van der Waals surface area contributed by atoms with Crippen molar-refractivity contribution in [3.63, 3.8) is 0 Å². The zero-order valence-electron chi connectivity index (χ0n) is 7.74. The summed E-state index contributed by atoms with van der Waals surface area (Å²) in [6, 6.07) is 0. The molecule has 0 aliphatic carbocycles. The molecular formula is C8H19BrFP. The molecule has 0 saturated heterocycles. The third-order valence-electron chi connectivity index (χ3n) is 2.57. The molecule has 0 N–H and O–H groups in total. The normalized spacial score (nSPS) is 10.9. The lowest BCUT2D eigenvalue weighted by Crippen LogP contribution is -3.00. The first kappa shape index (κ1) is 14.4. The van der Waals surface area contributed by atoms with E-state index in [1.54, 1.807) is 0 Å². The Balaban J connectivity index is 0. The Morgan fingerprint density at radius 3 is 1.45 bits per heavy atom. The van der Waals surface area contributed by atoms with E-state index in [9.17, 15) is 4.39 Å². The fraction of sp³-hybridized carbons (Fsp3) is 1.00. The number of rotatable bonds is 5. The molecule has 0 aromatic rings. The van der Waals surface area contributed by atoms with E-state index >= 15 is 0 Å². The lowest BCUT2D eigenvalue weighted by Gasteiger charge is -2.21. The fourth-order valence-electron chi connectivity index (χ4n) is 1.32. The first-order chi connectivity index (χ1) is 4.74. The van der Waals surface area contributed by atoms with Gasteiger partial charge in [0.05, 0.1) is 24.6 Å². The molecule has 0 nitrogen and oxygen atoms in total. The van der Waals surface area contributed by atoms with Gasteiger partial charge in [-0.1, -0.05) is 0 Å². The molecular weight excluding hydrogens is 226 g/mol. The van der Waals surface area contributed by atoms with Gasteiger partial charge in [0.25, 0.3) is 0 Å². The van der Waals surface area contributed by atoms with E-state index in [2.05, 4.69) is 20.8 Å². The van der Waals surface area contributed by atoms with Crippen LogP contribution in [-0.2, 0) is 0 Å². The molecule has 0 radical (unpaired) electrons. The van der Waals surface area contributed by atoms with Gasteiger partial charge in [0.1, 0.15) is 6.67 Å². The SMILES string of the molecule is CC[P+](CC)(CC)CCF.[Br-]. The Kier molecular flexibility index (Phi) is 9.78. The zero-order valence-corrected chi connectivity index (χ0v) is 10.2. The Hall–Kier alpha value is 0.840. The third-order valence-corrected chi connectivity index (χ3v) is 7.71. The molecule has 11 heavy (non-hydrogen) atoms. The van der Waals surface area contributed by atoms with E-state index in [4.69, 9.17) is 0 Å². The fourth-order valence-corrected chi connectivity index (χ4v) is 3.97. The summed E-state index contributed by atoms with van der Waals surface area (Å²) in [5.74, 6) is 0. The molecule has 0 aliphatic heterocycles. The van der Waals surface area contributed by atoms with Crippen LogP contribution < -0.4 is 17.0 Å². The molecule has 3 heteroatoms. The third kappa shape index (κ3) is 4.42. The summed E-state index contributed by atoms with van der Waals surface area (Å²) < 4.78 is 12.1. The zero-order chi connectivity index (χ0) is 8.04. The van der Waals surface area contributed by atoms with Crippen LogP contribution in [0.1, 0.15) is 20.8 Å². The molecule has 0 rings (SSSR count). The van der Waals surface area contributed by atoms with Crippen molar-refractivity contribution in [2.24, 2.45) is 0 Å². The molecule has 0 bridgehead atoms. The molecule has 0 aliphatic rings. The van der Waals surface area contributed by atoms with Crippen molar-refractivity contribution >= 4 is 7.26 Å². The van der Waals surface area contributed by atoms with Gasteiger partial charge in [0.2, 0.25) is 0 Å². The molecule has 0 fully saturated rings. The summed E-state index contributed by atoms with van der Waals surface area (Å²) in [7, 11) is -0.814. The smallest absolute Gasteiger partial charge is 0.123 e. The minimum atomic E-state index is -0.814. The van der Waals surface area contributed by atoms with E-state index in [-0.39, 0.29) is 23.7 Å². The maximum Gasteiger partial charge on any atom is 0.123 e. The van der Waals surface area contributed by atoms with Gasteiger partial charge in [-0.15, -0.1) is 0 Å². The van der Waals surface area contributed by atoms with Crippen LogP contribution in [0.5, 0.6) is 0 Å². The van der Waals surface area contributed by atoms with Crippen molar-refractivity contribution < 1.29 is 21.4 Å². The number of hydrogen-bond donors (Lipinski definition) is 0. The van der Waals surface area contributed by atoms with Crippen molar-refractivity contribution in [1.82, 2.24) is 0 Å².